The van der Waals surface area contributed by atoms with E-state index in [9.17, 15) is 0 Å². The maximum Gasteiger partial charge on any atom is 0.145 e. The monoisotopic (exact) mass is 247 g/mol. The minimum atomic E-state index is -0.0458. The van der Waals surface area contributed by atoms with Gasteiger partial charge >= 0.3 is 0 Å². The molecule has 90 valence electrons. The molecule has 0 spiro atoms. The van der Waals surface area contributed by atoms with Crippen LogP contribution in [-0.4, -0.2) is 6.54 Å². The maximum absolute atomic E-state index is 5.93. The Labute approximate surface area is 106 Å². The van der Waals surface area contributed by atoms with Crippen molar-refractivity contribution >= 4 is 11.3 Å². The van der Waals surface area contributed by atoms with Crippen LogP contribution >= 0.6 is 11.3 Å². The number of rotatable bonds is 4. The van der Waals surface area contributed by atoms with Gasteiger partial charge in [-0.15, -0.1) is 11.3 Å². The Balaban J connectivity index is 2.15. The Bertz CT molecular complexity index is 492. The van der Waals surface area contributed by atoms with E-state index in [1.165, 1.54) is 15.3 Å². The van der Waals surface area contributed by atoms with E-state index in [-0.39, 0.29) is 6.10 Å². The molecule has 2 aromatic rings. The molecule has 2 N–H and O–H groups in total. The van der Waals surface area contributed by atoms with Crippen molar-refractivity contribution in [3.8, 4) is 5.75 Å². The zero-order valence-electron chi connectivity index (χ0n) is 10.1. The molecule has 1 unspecified atom stereocenters. The molecule has 0 fully saturated rings. The number of nitrogens with two attached hydrogens (primary N) is 1. The van der Waals surface area contributed by atoms with Crippen molar-refractivity contribution < 1.29 is 4.74 Å². The summed E-state index contributed by atoms with van der Waals surface area (Å²) in [5.74, 6) is 0.881. The number of hydrogen-bond acceptors (Lipinski definition) is 3. The molecule has 2 nitrogen and oxygen atoms in total. The van der Waals surface area contributed by atoms with E-state index in [1.54, 1.807) is 11.3 Å². The van der Waals surface area contributed by atoms with Crippen LogP contribution < -0.4 is 10.5 Å². The standard InChI is InChI=1S/C14H17NOS/c1-10-4-3-5-12(8-10)16-13(9-15)14-7-6-11(2)17-14/h3-8,13H,9,15H2,1-2H3. The summed E-state index contributed by atoms with van der Waals surface area (Å²) in [7, 11) is 0. The predicted molar refractivity (Wildman–Crippen MR) is 72.7 cm³/mol. The number of hydrogen-bond donors (Lipinski definition) is 1. The summed E-state index contributed by atoms with van der Waals surface area (Å²) in [6.45, 7) is 4.64. The molecule has 1 heterocycles. The first-order valence-corrected chi connectivity index (χ1v) is 6.50. The third kappa shape index (κ3) is 3.08. The van der Waals surface area contributed by atoms with Gasteiger partial charge in [0.15, 0.2) is 0 Å². The lowest BCUT2D eigenvalue weighted by Gasteiger charge is -2.16. The molecule has 0 saturated heterocycles. The van der Waals surface area contributed by atoms with Gasteiger partial charge in [-0.1, -0.05) is 12.1 Å². The fourth-order valence-corrected chi connectivity index (χ4v) is 2.62. The zero-order valence-corrected chi connectivity index (χ0v) is 11.0. The molecule has 1 atom stereocenters. The molecule has 0 bridgehead atoms. The van der Waals surface area contributed by atoms with Gasteiger partial charge in [-0.2, -0.15) is 0 Å². The van der Waals surface area contributed by atoms with E-state index in [0.717, 1.165) is 5.75 Å². The van der Waals surface area contributed by atoms with Crippen LogP contribution in [0.4, 0.5) is 0 Å². The molecule has 1 aromatic carbocycles. The average molecular weight is 247 g/mol. The van der Waals surface area contributed by atoms with Crippen LogP contribution in [0.25, 0.3) is 0 Å². The van der Waals surface area contributed by atoms with E-state index >= 15 is 0 Å². The van der Waals surface area contributed by atoms with Gasteiger partial charge in [0.25, 0.3) is 0 Å². The highest BCUT2D eigenvalue weighted by atomic mass is 32.1. The van der Waals surface area contributed by atoms with E-state index in [1.807, 2.05) is 18.2 Å². The van der Waals surface area contributed by atoms with Gasteiger partial charge in [0.05, 0.1) is 0 Å². The Hall–Kier alpha value is -1.32. The lowest BCUT2D eigenvalue weighted by molar-refractivity contribution is 0.218. The highest BCUT2D eigenvalue weighted by molar-refractivity contribution is 7.12. The molecule has 0 amide bonds. The smallest absolute Gasteiger partial charge is 0.145 e. The van der Waals surface area contributed by atoms with Crippen molar-refractivity contribution in [1.82, 2.24) is 0 Å². The molecule has 1 aromatic heterocycles. The third-order valence-electron chi connectivity index (χ3n) is 2.56. The highest BCUT2D eigenvalue weighted by Crippen LogP contribution is 2.27. The predicted octanol–water partition coefficient (Wildman–Crippen LogP) is 3.44. The summed E-state index contributed by atoms with van der Waals surface area (Å²) >= 11 is 1.74. The summed E-state index contributed by atoms with van der Waals surface area (Å²) in [4.78, 5) is 2.47. The number of thiophene rings is 1. The fourth-order valence-electron chi connectivity index (χ4n) is 1.70. The summed E-state index contributed by atoms with van der Waals surface area (Å²) in [6.07, 6.45) is -0.0458. The van der Waals surface area contributed by atoms with E-state index < -0.39 is 0 Å². The molecule has 17 heavy (non-hydrogen) atoms. The summed E-state index contributed by atoms with van der Waals surface area (Å²) in [5, 5.41) is 0. The Morgan fingerprint density at radius 3 is 2.65 bits per heavy atom. The minimum Gasteiger partial charge on any atom is -0.484 e. The third-order valence-corrected chi connectivity index (χ3v) is 3.65. The van der Waals surface area contributed by atoms with Crippen LogP contribution in [0, 0.1) is 13.8 Å². The van der Waals surface area contributed by atoms with Crippen LogP contribution in [0.2, 0.25) is 0 Å². The van der Waals surface area contributed by atoms with Crippen LogP contribution in [0.1, 0.15) is 21.4 Å². The molecule has 0 aliphatic heterocycles. The summed E-state index contributed by atoms with van der Waals surface area (Å²) < 4.78 is 5.93. The summed E-state index contributed by atoms with van der Waals surface area (Å²) in [5.41, 5.74) is 6.98. The van der Waals surface area contributed by atoms with Gasteiger partial charge in [-0.3, -0.25) is 0 Å². The van der Waals surface area contributed by atoms with Crippen molar-refractivity contribution in [2.45, 2.75) is 20.0 Å². The fraction of sp³-hybridized carbons (Fsp3) is 0.286. The highest BCUT2D eigenvalue weighted by Gasteiger charge is 2.13. The van der Waals surface area contributed by atoms with Gasteiger partial charge < -0.3 is 10.5 Å². The Morgan fingerprint density at radius 2 is 2.06 bits per heavy atom. The lowest BCUT2D eigenvalue weighted by Crippen LogP contribution is -2.17. The van der Waals surface area contributed by atoms with Crippen LogP contribution in [0.5, 0.6) is 5.75 Å². The lowest BCUT2D eigenvalue weighted by atomic mass is 10.2. The molecule has 0 aliphatic carbocycles. The maximum atomic E-state index is 5.93. The van der Waals surface area contributed by atoms with E-state index in [0.29, 0.717) is 6.54 Å². The van der Waals surface area contributed by atoms with Crippen molar-refractivity contribution in [2.24, 2.45) is 5.73 Å². The first-order valence-electron chi connectivity index (χ1n) is 5.69. The van der Waals surface area contributed by atoms with Crippen LogP contribution in [0.15, 0.2) is 36.4 Å². The zero-order chi connectivity index (χ0) is 12.3. The molecule has 3 heteroatoms. The summed E-state index contributed by atoms with van der Waals surface area (Å²) in [6, 6.07) is 12.2. The van der Waals surface area contributed by atoms with Crippen molar-refractivity contribution in [3.05, 3.63) is 51.7 Å². The van der Waals surface area contributed by atoms with Gasteiger partial charge in [-0.25, -0.2) is 0 Å². The first kappa shape index (κ1) is 12.1. The molecule has 0 aliphatic rings. The normalized spacial score (nSPS) is 12.4. The van der Waals surface area contributed by atoms with Crippen molar-refractivity contribution in [1.29, 1.82) is 0 Å². The first-order chi connectivity index (χ1) is 8.19. The molecular formula is C14H17NOS. The Kier molecular flexibility index (Phi) is 3.82. The van der Waals surface area contributed by atoms with Gasteiger partial charge in [0, 0.05) is 16.3 Å². The molecule has 0 saturated carbocycles. The quantitative estimate of drug-likeness (QED) is 0.898. The number of ether oxygens (including phenoxy) is 1. The van der Waals surface area contributed by atoms with E-state index in [2.05, 4.69) is 32.0 Å². The largest absolute Gasteiger partial charge is 0.484 e. The van der Waals surface area contributed by atoms with Gasteiger partial charge in [-0.05, 0) is 43.7 Å². The van der Waals surface area contributed by atoms with Crippen LogP contribution in [0.3, 0.4) is 0 Å². The van der Waals surface area contributed by atoms with Crippen molar-refractivity contribution in [2.75, 3.05) is 6.54 Å². The topological polar surface area (TPSA) is 35.2 Å². The average Bonchev–Trinajstić information content (AvgIpc) is 2.73. The van der Waals surface area contributed by atoms with Gasteiger partial charge in [0.2, 0.25) is 0 Å². The second kappa shape index (κ2) is 5.34. The minimum absolute atomic E-state index is 0.0458. The van der Waals surface area contributed by atoms with Gasteiger partial charge in [0.1, 0.15) is 11.9 Å². The van der Waals surface area contributed by atoms with Crippen LogP contribution in [-0.2, 0) is 0 Å². The molecule has 2 rings (SSSR count). The van der Waals surface area contributed by atoms with Crippen molar-refractivity contribution in [3.63, 3.8) is 0 Å². The van der Waals surface area contributed by atoms with E-state index in [4.69, 9.17) is 10.5 Å². The SMILES string of the molecule is Cc1cccc(OC(CN)c2ccc(C)s2)c1. The second-order valence-electron chi connectivity index (χ2n) is 4.11. The number of benzene rings is 1. The molecule has 0 radical (unpaired) electrons. The Morgan fingerprint density at radius 1 is 1.24 bits per heavy atom. The molecular weight excluding hydrogens is 230 g/mol. The number of aryl methyl sites for hydroxylation is 2. The second-order valence-corrected chi connectivity index (χ2v) is 5.43.